The normalized spacial score (nSPS) is 16.2. The molecule has 1 aromatic carbocycles. The molecule has 0 radical (unpaired) electrons. The van der Waals surface area contributed by atoms with Crippen LogP contribution >= 0.6 is 11.3 Å². The summed E-state index contributed by atoms with van der Waals surface area (Å²) in [6.45, 7) is 3.75. The van der Waals surface area contributed by atoms with Gasteiger partial charge in [0, 0.05) is 16.0 Å². The molecule has 1 amide bonds. The summed E-state index contributed by atoms with van der Waals surface area (Å²) in [7, 11) is 1.56. The summed E-state index contributed by atoms with van der Waals surface area (Å²) in [5, 5.41) is 3.55. The molecule has 6 heteroatoms. The van der Waals surface area contributed by atoms with Gasteiger partial charge in [-0.2, -0.15) is 0 Å². The minimum absolute atomic E-state index is 0.0361. The Morgan fingerprint density at radius 2 is 2.20 bits per heavy atom. The number of carbonyl (C=O) groups excluding carboxylic acids is 2. The zero-order chi connectivity index (χ0) is 18.0. The van der Waals surface area contributed by atoms with Crippen LogP contribution in [0.25, 0.3) is 0 Å². The second-order valence-corrected chi connectivity index (χ2v) is 7.63. The van der Waals surface area contributed by atoms with Crippen LogP contribution in [-0.4, -0.2) is 23.8 Å². The van der Waals surface area contributed by atoms with Crippen LogP contribution in [0, 0.1) is 5.92 Å². The molecule has 0 fully saturated rings. The van der Waals surface area contributed by atoms with Crippen LogP contribution in [0.1, 0.15) is 46.8 Å². The maximum absolute atomic E-state index is 12.4. The van der Waals surface area contributed by atoms with Crippen molar-refractivity contribution in [3.05, 3.63) is 39.9 Å². The summed E-state index contributed by atoms with van der Waals surface area (Å²) < 4.78 is 5.30. The van der Waals surface area contributed by atoms with E-state index in [4.69, 9.17) is 4.74 Å². The van der Waals surface area contributed by atoms with Crippen LogP contribution in [0.3, 0.4) is 0 Å². The first-order valence-electron chi connectivity index (χ1n) is 8.42. The van der Waals surface area contributed by atoms with Crippen molar-refractivity contribution >= 4 is 28.2 Å². The highest BCUT2D eigenvalue weighted by Crippen LogP contribution is 2.32. The number of amides is 1. The first-order valence-corrected chi connectivity index (χ1v) is 9.24. The van der Waals surface area contributed by atoms with Gasteiger partial charge in [0.05, 0.1) is 19.2 Å². The Balaban J connectivity index is 1.72. The number of ether oxygens (including phenoxy) is 1. The molecule has 2 aromatic rings. The highest BCUT2D eigenvalue weighted by Gasteiger charge is 2.21. The summed E-state index contributed by atoms with van der Waals surface area (Å²) in [4.78, 5) is 29.8. The van der Waals surface area contributed by atoms with Crippen molar-refractivity contribution in [1.29, 1.82) is 0 Å². The Morgan fingerprint density at radius 1 is 1.40 bits per heavy atom. The maximum atomic E-state index is 12.4. The van der Waals surface area contributed by atoms with E-state index in [0.717, 1.165) is 25.0 Å². The average molecular weight is 358 g/mol. The summed E-state index contributed by atoms with van der Waals surface area (Å²) in [6, 6.07) is 5.15. The Morgan fingerprint density at radius 3 is 2.92 bits per heavy atom. The number of rotatable bonds is 5. The number of nitrogens with zero attached hydrogens (tertiary/aromatic N) is 1. The molecular weight excluding hydrogens is 336 g/mol. The van der Waals surface area contributed by atoms with Crippen LogP contribution < -0.4 is 10.1 Å². The maximum Gasteiger partial charge on any atom is 0.230 e. The van der Waals surface area contributed by atoms with E-state index in [1.165, 1.54) is 11.8 Å². The zero-order valence-corrected chi connectivity index (χ0v) is 15.5. The lowest BCUT2D eigenvalue weighted by Gasteiger charge is -2.15. The van der Waals surface area contributed by atoms with Crippen molar-refractivity contribution < 1.29 is 14.3 Å². The number of Topliss-reactive ketones (excluding diaryl/α,β-unsaturated/α-hetero) is 1. The Labute approximate surface area is 151 Å². The van der Waals surface area contributed by atoms with Gasteiger partial charge in [-0.15, -0.1) is 11.3 Å². The number of hydrogen-bond acceptors (Lipinski definition) is 5. The first-order chi connectivity index (χ1) is 12.0. The summed E-state index contributed by atoms with van der Waals surface area (Å²) >= 11 is 1.57. The predicted molar refractivity (Wildman–Crippen MR) is 98.6 cm³/mol. The van der Waals surface area contributed by atoms with Crippen LogP contribution in [0.5, 0.6) is 5.75 Å². The van der Waals surface area contributed by atoms with E-state index in [1.807, 2.05) is 0 Å². The fraction of sp³-hybridized carbons (Fsp3) is 0.421. The van der Waals surface area contributed by atoms with Gasteiger partial charge in [-0.25, -0.2) is 4.98 Å². The summed E-state index contributed by atoms with van der Waals surface area (Å²) in [6.07, 6.45) is 3.32. The van der Waals surface area contributed by atoms with Crippen molar-refractivity contribution in [2.24, 2.45) is 5.92 Å². The standard InChI is InChI=1S/C19H22N2O3S/c1-11-4-6-15-17(8-11)25-19(20-15)21-18(23)10-14-9-13(12(2)22)5-7-16(14)24-3/h5,7,9,11H,4,6,8,10H2,1-3H3,(H,20,21,23). The number of anilines is 1. The third kappa shape index (κ3) is 4.07. The molecule has 1 aromatic heterocycles. The summed E-state index contributed by atoms with van der Waals surface area (Å²) in [5.41, 5.74) is 2.39. The average Bonchev–Trinajstić information content (AvgIpc) is 2.95. The number of benzene rings is 1. The Kier molecular flexibility index (Phi) is 5.18. The van der Waals surface area contributed by atoms with E-state index < -0.39 is 0 Å². The predicted octanol–water partition coefficient (Wildman–Crippen LogP) is 3.66. The third-order valence-electron chi connectivity index (χ3n) is 4.47. The third-order valence-corrected chi connectivity index (χ3v) is 5.51. The number of fused-ring (bicyclic) bond motifs is 1. The minimum Gasteiger partial charge on any atom is -0.496 e. The topological polar surface area (TPSA) is 68.3 Å². The van der Waals surface area contributed by atoms with Crippen LogP contribution in [0.2, 0.25) is 0 Å². The van der Waals surface area contributed by atoms with Gasteiger partial charge in [-0.1, -0.05) is 6.92 Å². The van der Waals surface area contributed by atoms with Crippen LogP contribution in [-0.2, 0) is 24.1 Å². The van der Waals surface area contributed by atoms with Crippen LogP contribution in [0.4, 0.5) is 5.13 Å². The number of hydrogen-bond donors (Lipinski definition) is 1. The Hall–Kier alpha value is -2.21. The largest absolute Gasteiger partial charge is 0.496 e. The van der Waals surface area contributed by atoms with Gasteiger partial charge in [-0.3, -0.25) is 9.59 Å². The monoisotopic (exact) mass is 358 g/mol. The van der Waals surface area contributed by atoms with Gasteiger partial charge < -0.3 is 10.1 Å². The van der Waals surface area contributed by atoms with Crippen molar-refractivity contribution in [2.75, 3.05) is 12.4 Å². The number of aromatic nitrogens is 1. The van der Waals surface area contributed by atoms with E-state index in [1.54, 1.807) is 36.6 Å². The number of nitrogens with one attached hydrogen (secondary N) is 1. The van der Waals surface area contributed by atoms with Crippen molar-refractivity contribution in [3.63, 3.8) is 0 Å². The fourth-order valence-corrected chi connectivity index (χ4v) is 4.25. The van der Waals surface area contributed by atoms with E-state index >= 15 is 0 Å². The lowest BCUT2D eigenvalue weighted by atomic mass is 9.93. The molecule has 5 nitrogen and oxygen atoms in total. The van der Waals surface area contributed by atoms with Gasteiger partial charge >= 0.3 is 0 Å². The molecule has 0 saturated heterocycles. The first kappa shape index (κ1) is 17.6. The van der Waals surface area contributed by atoms with Gasteiger partial charge in [0.2, 0.25) is 5.91 Å². The second kappa shape index (κ2) is 7.35. The smallest absolute Gasteiger partial charge is 0.230 e. The van der Waals surface area contributed by atoms with E-state index in [-0.39, 0.29) is 18.1 Å². The molecule has 1 atom stereocenters. The molecule has 0 spiro atoms. The molecule has 1 aliphatic carbocycles. The lowest BCUT2D eigenvalue weighted by molar-refractivity contribution is -0.115. The quantitative estimate of drug-likeness (QED) is 0.828. The summed E-state index contributed by atoms with van der Waals surface area (Å²) in [5.74, 6) is 1.09. The minimum atomic E-state index is -0.154. The van der Waals surface area contributed by atoms with E-state index in [0.29, 0.717) is 27.9 Å². The van der Waals surface area contributed by atoms with Gasteiger partial charge in [0.25, 0.3) is 0 Å². The molecule has 1 unspecified atom stereocenters. The molecular formula is C19H22N2O3S. The molecule has 1 N–H and O–H groups in total. The second-order valence-electron chi connectivity index (χ2n) is 6.54. The highest BCUT2D eigenvalue weighted by atomic mass is 32.1. The van der Waals surface area contributed by atoms with Crippen molar-refractivity contribution in [1.82, 2.24) is 4.98 Å². The molecule has 1 heterocycles. The van der Waals surface area contributed by atoms with E-state index in [2.05, 4.69) is 17.2 Å². The molecule has 25 heavy (non-hydrogen) atoms. The van der Waals surface area contributed by atoms with Gasteiger partial charge in [0.15, 0.2) is 10.9 Å². The zero-order valence-electron chi connectivity index (χ0n) is 14.7. The molecule has 0 aliphatic heterocycles. The van der Waals surface area contributed by atoms with Gasteiger partial charge in [0.1, 0.15) is 5.75 Å². The number of methoxy groups -OCH3 is 1. The lowest BCUT2D eigenvalue weighted by Crippen LogP contribution is -2.15. The SMILES string of the molecule is COc1ccc(C(C)=O)cc1CC(=O)Nc1nc2c(s1)CC(C)CC2. The molecule has 0 bridgehead atoms. The molecule has 3 rings (SSSR count). The number of carbonyl (C=O) groups is 2. The number of ketones is 1. The Bertz CT molecular complexity index is 813. The van der Waals surface area contributed by atoms with Crippen molar-refractivity contribution in [2.45, 2.75) is 39.5 Å². The molecule has 1 aliphatic rings. The number of thiazole rings is 1. The van der Waals surface area contributed by atoms with Crippen LogP contribution in [0.15, 0.2) is 18.2 Å². The fourth-order valence-electron chi connectivity index (χ4n) is 3.07. The highest BCUT2D eigenvalue weighted by molar-refractivity contribution is 7.15. The van der Waals surface area contributed by atoms with Crippen molar-refractivity contribution in [3.8, 4) is 5.75 Å². The van der Waals surface area contributed by atoms with Gasteiger partial charge in [-0.05, 0) is 50.3 Å². The number of aryl methyl sites for hydroxylation is 1. The molecule has 132 valence electrons. The molecule has 0 saturated carbocycles. The van der Waals surface area contributed by atoms with E-state index in [9.17, 15) is 9.59 Å².